The molecular formula is C26H32Cl2N2O3. The number of nitrogens with zero attached hydrogens (tertiary/aromatic N) is 1. The molecule has 0 aromatic heterocycles. The highest BCUT2D eigenvalue weighted by Crippen LogP contribution is 2.24. The maximum absolute atomic E-state index is 13.2. The number of hydrogen-bond acceptors (Lipinski definition) is 3. The van der Waals surface area contributed by atoms with Gasteiger partial charge in [0.15, 0.2) is 6.61 Å². The Morgan fingerprint density at radius 2 is 1.70 bits per heavy atom. The zero-order chi connectivity index (χ0) is 24.0. The fraction of sp³-hybridized carbons (Fsp3) is 0.462. The Bertz CT molecular complexity index is 969. The van der Waals surface area contributed by atoms with Crippen LogP contribution >= 0.6 is 23.2 Å². The highest BCUT2D eigenvalue weighted by atomic mass is 35.5. The lowest BCUT2D eigenvalue weighted by Crippen LogP contribution is -2.51. The van der Waals surface area contributed by atoms with Gasteiger partial charge in [-0.3, -0.25) is 9.59 Å². The van der Waals surface area contributed by atoms with Crippen LogP contribution < -0.4 is 10.1 Å². The van der Waals surface area contributed by atoms with E-state index in [0.29, 0.717) is 15.8 Å². The fourth-order valence-corrected chi connectivity index (χ4v) is 4.55. The van der Waals surface area contributed by atoms with Crippen LogP contribution in [-0.2, 0) is 16.1 Å². The Morgan fingerprint density at radius 3 is 2.33 bits per heavy atom. The molecule has 0 spiro atoms. The summed E-state index contributed by atoms with van der Waals surface area (Å²) >= 11 is 12.2. The van der Waals surface area contributed by atoms with Crippen molar-refractivity contribution in [2.45, 2.75) is 71.5 Å². The van der Waals surface area contributed by atoms with Gasteiger partial charge in [-0.1, -0.05) is 54.6 Å². The Kier molecular flexibility index (Phi) is 9.04. The normalized spacial score (nSPS) is 15.1. The summed E-state index contributed by atoms with van der Waals surface area (Å²) in [5, 5.41) is 3.98. The van der Waals surface area contributed by atoms with Gasteiger partial charge in [-0.25, -0.2) is 0 Å². The third-order valence-electron chi connectivity index (χ3n) is 6.01. The highest BCUT2D eigenvalue weighted by molar-refractivity contribution is 6.42. The first kappa shape index (κ1) is 25.4. The van der Waals surface area contributed by atoms with Crippen molar-refractivity contribution in [2.24, 2.45) is 0 Å². The molecule has 7 heteroatoms. The Hall–Kier alpha value is -2.24. The van der Waals surface area contributed by atoms with Crippen LogP contribution in [0.1, 0.15) is 55.7 Å². The first-order valence-corrected chi connectivity index (χ1v) is 12.2. The van der Waals surface area contributed by atoms with Crippen molar-refractivity contribution in [3.63, 3.8) is 0 Å². The molecule has 0 aliphatic heterocycles. The van der Waals surface area contributed by atoms with Gasteiger partial charge in [0.1, 0.15) is 11.8 Å². The minimum absolute atomic E-state index is 0.151. The van der Waals surface area contributed by atoms with Crippen molar-refractivity contribution in [1.29, 1.82) is 0 Å². The summed E-state index contributed by atoms with van der Waals surface area (Å²) < 4.78 is 5.80. The third-order valence-corrected chi connectivity index (χ3v) is 6.75. The summed E-state index contributed by atoms with van der Waals surface area (Å²) in [6, 6.07) is 10.6. The number of amides is 2. The smallest absolute Gasteiger partial charge is 0.261 e. The number of halogens is 2. The lowest BCUT2D eigenvalue weighted by molar-refractivity contribution is -0.142. The molecule has 33 heavy (non-hydrogen) atoms. The maximum Gasteiger partial charge on any atom is 0.261 e. The zero-order valence-corrected chi connectivity index (χ0v) is 21.0. The van der Waals surface area contributed by atoms with E-state index in [9.17, 15) is 9.59 Å². The van der Waals surface area contributed by atoms with Crippen molar-refractivity contribution in [3.05, 3.63) is 63.1 Å². The van der Waals surface area contributed by atoms with Crippen molar-refractivity contribution in [3.8, 4) is 5.75 Å². The zero-order valence-electron chi connectivity index (χ0n) is 19.5. The van der Waals surface area contributed by atoms with E-state index in [1.54, 1.807) is 24.0 Å². The number of rotatable bonds is 8. The van der Waals surface area contributed by atoms with Crippen LogP contribution in [0.5, 0.6) is 5.75 Å². The average Bonchev–Trinajstić information content (AvgIpc) is 2.77. The Labute approximate surface area is 206 Å². The molecular weight excluding hydrogens is 459 g/mol. The van der Waals surface area contributed by atoms with Crippen LogP contribution in [-0.4, -0.2) is 35.4 Å². The lowest BCUT2D eigenvalue weighted by atomic mass is 9.95. The van der Waals surface area contributed by atoms with Gasteiger partial charge in [-0.15, -0.1) is 0 Å². The standard InChI is InChI=1S/C26H32Cl2N2O3/c1-17-11-18(2)13-22(12-17)33-16-25(31)30(15-20-9-10-23(27)24(28)14-20)19(3)26(32)29-21-7-5-4-6-8-21/h9-14,19,21H,4-8,15-16H2,1-3H3,(H,29,32). The van der Waals surface area contributed by atoms with E-state index in [1.807, 2.05) is 38.1 Å². The third kappa shape index (κ3) is 7.38. The number of nitrogens with one attached hydrogen (secondary N) is 1. The van der Waals surface area contributed by atoms with E-state index in [-0.39, 0.29) is 31.0 Å². The molecule has 1 saturated carbocycles. The van der Waals surface area contributed by atoms with Gasteiger partial charge in [0.25, 0.3) is 5.91 Å². The molecule has 2 amide bonds. The molecule has 1 aliphatic rings. The molecule has 0 heterocycles. The van der Waals surface area contributed by atoms with E-state index in [2.05, 4.69) is 5.32 Å². The van der Waals surface area contributed by atoms with Gasteiger partial charge in [0, 0.05) is 12.6 Å². The molecule has 2 aromatic rings. The second-order valence-electron chi connectivity index (χ2n) is 8.90. The molecule has 5 nitrogen and oxygen atoms in total. The molecule has 3 rings (SSSR count). The maximum atomic E-state index is 13.2. The average molecular weight is 491 g/mol. The van der Waals surface area contributed by atoms with Crippen LogP contribution in [0.3, 0.4) is 0 Å². The molecule has 1 fully saturated rings. The van der Waals surface area contributed by atoms with E-state index in [4.69, 9.17) is 27.9 Å². The molecule has 178 valence electrons. The van der Waals surface area contributed by atoms with Crippen molar-refractivity contribution >= 4 is 35.0 Å². The van der Waals surface area contributed by atoms with Gasteiger partial charge >= 0.3 is 0 Å². The number of carbonyl (C=O) groups is 2. The van der Waals surface area contributed by atoms with Crippen LogP contribution in [0.4, 0.5) is 0 Å². The monoisotopic (exact) mass is 490 g/mol. The molecule has 2 aromatic carbocycles. The predicted octanol–water partition coefficient (Wildman–Crippen LogP) is 5.86. The molecule has 0 radical (unpaired) electrons. The first-order chi connectivity index (χ1) is 15.7. The number of carbonyl (C=O) groups excluding carboxylic acids is 2. The van der Waals surface area contributed by atoms with Gasteiger partial charge in [-0.05, 0) is 74.6 Å². The summed E-state index contributed by atoms with van der Waals surface area (Å²) in [6.07, 6.45) is 5.41. The van der Waals surface area contributed by atoms with Crippen molar-refractivity contribution in [2.75, 3.05) is 6.61 Å². The summed E-state index contributed by atoms with van der Waals surface area (Å²) in [6.45, 7) is 5.78. The van der Waals surface area contributed by atoms with Crippen LogP contribution in [0.25, 0.3) is 0 Å². The number of ether oxygens (including phenoxy) is 1. The Balaban J connectivity index is 1.74. The lowest BCUT2D eigenvalue weighted by Gasteiger charge is -2.31. The molecule has 1 aliphatic carbocycles. The highest BCUT2D eigenvalue weighted by Gasteiger charge is 2.28. The van der Waals surface area contributed by atoms with Gasteiger partial charge < -0.3 is 15.0 Å². The number of aryl methyl sites for hydroxylation is 2. The van der Waals surface area contributed by atoms with Crippen molar-refractivity contribution < 1.29 is 14.3 Å². The summed E-state index contributed by atoms with van der Waals surface area (Å²) in [7, 11) is 0. The number of hydrogen-bond donors (Lipinski definition) is 1. The van der Waals surface area contributed by atoms with Gasteiger partial charge in [-0.2, -0.15) is 0 Å². The summed E-state index contributed by atoms with van der Waals surface area (Å²) in [5.74, 6) is 0.211. The summed E-state index contributed by atoms with van der Waals surface area (Å²) in [5.41, 5.74) is 2.91. The predicted molar refractivity (Wildman–Crippen MR) is 133 cm³/mol. The van der Waals surface area contributed by atoms with E-state index in [0.717, 1.165) is 42.4 Å². The van der Waals surface area contributed by atoms with Crippen molar-refractivity contribution in [1.82, 2.24) is 10.2 Å². The van der Waals surface area contributed by atoms with E-state index < -0.39 is 6.04 Å². The molecule has 1 unspecified atom stereocenters. The van der Waals surface area contributed by atoms with E-state index >= 15 is 0 Å². The largest absolute Gasteiger partial charge is 0.484 e. The second-order valence-corrected chi connectivity index (χ2v) is 9.72. The molecule has 1 atom stereocenters. The first-order valence-electron chi connectivity index (χ1n) is 11.5. The fourth-order valence-electron chi connectivity index (χ4n) is 4.23. The van der Waals surface area contributed by atoms with Crippen LogP contribution in [0.2, 0.25) is 10.0 Å². The topological polar surface area (TPSA) is 58.6 Å². The molecule has 0 saturated heterocycles. The number of benzene rings is 2. The molecule has 0 bridgehead atoms. The van der Waals surface area contributed by atoms with E-state index in [1.165, 1.54) is 6.42 Å². The molecule has 1 N–H and O–H groups in total. The van der Waals surface area contributed by atoms with Crippen LogP contribution in [0.15, 0.2) is 36.4 Å². The Morgan fingerprint density at radius 1 is 1.03 bits per heavy atom. The summed E-state index contributed by atoms with van der Waals surface area (Å²) in [4.78, 5) is 27.8. The minimum atomic E-state index is -0.656. The second kappa shape index (κ2) is 11.8. The van der Waals surface area contributed by atoms with Crippen LogP contribution in [0, 0.1) is 13.8 Å². The van der Waals surface area contributed by atoms with Gasteiger partial charge in [0.2, 0.25) is 5.91 Å². The SMILES string of the molecule is Cc1cc(C)cc(OCC(=O)N(Cc2ccc(Cl)c(Cl)c2)C(C)C(=O)NC2CCCCC2)c1. The quantitative estimate of drug-likeness (QED) is 0.504. The van der Waals surface area contributed by atoms with Gasteiger partial charge in [0.05, 0.1) is 10.0 Å². The minimum Gasteiger partial charge on any atom is -0.484 e.